The number of nitrogens with two attached hydrogens (primary N) is 1. The van der Waals surface area contributed by atoms with Gasteiger partial charge in [0.15, 0.2) is 0 Å². The molecule has 0 spiro atoms. The highest BCUT2D eigenvalue weighted by atomic mass is 35.5. The van der Waals surface area contributed by atoms with Gasteiger partial charge in [-0.05, 0) is 57.7 Å². The molecule has 176 valence electrons. The van der Waals surface area contributed by atoms with Gasteiger partial charge >= 0.3 is 6.09 Å². The van der Waals surface area contributed by atoms with E-state index in [0.29, 0.717) is 30.8 Å². The quantitative estimate of drug-likeness (QED) is 0.607. The highest BCUT2D eigenvalue weighted by Crippen LogP contribution is 2.31. The number of ether oxygens (including phenoxy) is 1. The third kappa shape index (κ3) is 5.16. The van der Waals surface area contributed by atoms with Gasteiger partial charge in [0, 0.05) is 18.1 Å². The van der Waals surface area contributed by atoms with E-state index in [9.17, 15) is 19.5 Å². The van der Waals surface area contributed by atoms with Gasteiger partial charge in [-0.25, -0.2) is 4.79 Å². The highest BCUT2D eigenvalue weighted by Gasteiger charge is 2.49. The van der Waals surface area contributed by atoms with Gasteiger partial charge in [0.2, 0.25) is 11.8 Å². The zero-order valence-electron chi connectivity index (χ0n) is 18.6. The van der Waals surface area contributed by atoms with Gasteiger partial charge in [0.25, 0.3) is 0 Å². The van der Waals surface area contributed by atoms with Crippen molar-refractivity contribution in [2.75, 3.05) is 19.7 Å². The van der Waals surface area contributed by atoms with Crippen molar-refractivity contribution < 1.29 is 24.2 Å². The molecule has 2 unspecified atom stereocenters. The van der Waals surface area contributed by atoms with Crippen molar-refractivity contribution in [1.29, 1.82) is 0 Å². The summed E-state index contributed by atoms with van der Waals surface area (Å²) in [5.74, 6) is -0.763. The minimum Gasteiger partial charge on any atom is -0.465 e. The topological polar surface area (TPSA) is 125 Å². The Labute approximate surface area is 192 Å². The number of carbonyl (C=O) groups excluding carboxylic acids is 2. The molecule has 2 aliphatic rings. The maximum absolute atomic E-state index is 13.5. The fourth-order valence-corrected chi connectivity index (χ4v) is 4.68. The molecule has 0 aromatic heterocycles. The van der Waals surface area contributed by atoms with E-state index in [1.54, 1.807) is 32.9 Å². The zero-order valence-corrected chi connectivity index (χ0v) is 19.4. The first-order chi connectivity index (χ1) is 14.9. The summed E-state index contributed by atoms with van der Waals surface area (Å²) in [6.07, 6.45) is 0.606. The number of likely N-dealkylation sites (tertiary alicyclic amines) is 1. The molecule has 10 heteroatoms. The maximum Gasteiger partial charge on any atom is 0.407 e. The summed E-state index contributed by atoms with van der Waals surface area (Å²) in [6.45, 7) is 5.60. The monoisotopic (exact) mass is 466 g/mol. The van der Waals surface area contributed by atoms with Crippen molar-refractivity contribution in [1.82, 2.24) is 15.1 Å². The number of nitrogens with zero attached hydrogens (tertiary/aromatic N) is 2. The van der Waals surface area contributed by atoms with Crippen molar-refractivity contribution in [3.8, 4) is 0 Å². The minimum atomic E-state index is -1.03. The van der Waals surface area contributed by atoms with Crippen molar-refractivity contribution in [2.45, 2.75) is 63.4 Å². The molecule has 0 aliphatic carbocycles. The molecule has 9 nitrogen and oxygen atoms in total. The Morgan fingerprint density at radius 2 is 1.97 bits per heavy atom. The Morgan fingerprint density at radius 1 is 1.31 bits per heavy atom. The fourth-order valence-electron chi connectivity index (χ4n) is 4.56. The highest BCUT2D eigenvalue weighted by molar-refractivity contribution is 6.30. The normalized spacial score (nSPS) is 26.0. The number of piperidine rings is 1. The van der Waals surface area contributed by atoms with Crippen LogP contribution in [0.4, 0.5) is 4.79 Å². The largest absolute Gasteiger partial charge is 0.465 e. The third-order valence-corrected chi connectivity index (χ3v) is 6.36. The average molecular weight is 467 g/mol. The standard InChI is InChI=1S/C22H31ClN4O5/c1-14(24)19(29)27-17(12-32-21(27,2)3)18(28)25-22(9-4-10-26(13-22)20(30)31)11-15-5-7-16(23)8-6-15/h5-8,14,17H,4,9-13,24H2,1-3H3,(H,25,28)(H,30,31)/t14?,17-,22?/m0/s1. The number of amides is 3. The van der Waals surface area contributed by atoms with E-state index >= 15 is 0 Å². The van der Waals surface area contributed by atoms with Crippen molar-refractivity contribution in [3.63, 3.8) is 0 Å². The molecule has 2 heterocycles. The molecule has 3 amide bonds. The Kier molecular flexibility index (Phi) is 7.02. The predicted octanol–water partition coefficient (Wildman–Crippen LogP) is 1.82. The van der Waals surface area contributed by atoms with Gasteiger partial charge in [-0.2, -0.15) is 0 Å². The predicted molar refractivity (Wildman–Crippen MR) is 119 cm³/mol. The second-order valence-corrected chi connectivity index (χ2v) is 9.59. The Bertz CT molecular complexity index is 876. The molecule has 0 radical (unpaired) electrons. The molecule has 3 rings (SSSR count). The summed E-state index contributed by atoms with van der Waals surface area (Å²) in [6, 6.07) is 5.62. The van der Waals surface area contributed by atoms with Crippen LogP contribution >= 0.6 is 11.6 Å². The summed E-state index contributed by atoms with van der Waals surface area (Å²) in [4.78, 5) is 40.6. The molecule has 3 atom stereocenters. The number of carbonyl (C=O) groups is 3. The lowest BCUT2D eigenvalue weighted by Crippen LogP contribution is -2.65. The van der Waals surface area contributed by atoms with Crippen LogP contribution in [0.5, 0.6) is 0 Å². The fraction of sp³-hybridized carbons (Fsp3) is 0.591. The van der Waals surface area contributed by atoms with Crippen LogP contribution in [0.25, 0.3) is 0 Å². The van der Waals surface area contributed by atoms with Crippen molar-refractivity contribution in [2.24, 2.45) is 5.73 Å². The second-order valence-electron chi connectivity index (χ2n) is 9.15. The van der Waals surface area contributed by atoms with Crippen LogP contribution in [0.2, 0.25) is 5.02 Å². The molecule has 1 aromatic carbocycles. The number of halogens is 1. The third-order valence-electron chi connectivity index (χ3n) is 6.11. The van der Waals surface area contributed by atoms with Crippen LogP contribution in [-0.4, -0.2) is 75.9 Å². The molecule has 0 bridgehead atoms. The van der Waals surface area contributed by atoms with Crippen molar-refractivity contribution >= 4 is 29.5 Å². The van der Waals surface area contributed by atoms with Gasteiger partial charge < -0.3 is 25.8 Å². The average Bonchev–Trinajstić information content (AvgIpc) is 3.04. The van der Waals surface area contributed by atoms with E-state index in [1.165, 1.54) is 9.80 Å². The summed E-state index contributed by atoms with van der Waals surface area (Å²) in [5.41, 5.74) is 4.94. The SMILES string of the molecule is CC(N)C(=O)N1[C@H](C(=O)NC2(Cc3ccc(Cl)cc3)CCCN(C(=O)O)C2)COC1(C)C. The van der Waals surface area contributed by atoms with Gasteiger partial charge in [0.05, 0.1) is 18.2 Å². The van der Waals surface area contributed by atoms with Crippen LogP contribution in [0.15, 0.2) is 24.3 Å². The van der Waals surface area contributed by atoms with Gasteiger partial charge in [-0.15, -0.1) is 0 Å². The smallest absolute Gasteiger partial charge is 0.407 e. The number of nitrogens with one attached hydrogen (secondary N) is 1. The number of carboxylic acid groups (broad SMARTS) is 1. The summed E-state index contributed by atoms with van der Waals surface area (Å²) >= 11 is 6.00. The van der Waals surface area contributed by atoms with Crippen LogP contribution in [-0.2, 0) is 20.7 Å². The van der Waals surface area contributed by atoms with Crippen LogP contribution < -0.4 is 11.1 Å². The Balaban J connectivity index is 1.88. The molecule has 2 saturated heterocycles. The molecule has 32 heavy (non-hydrogen) atoms. The van der Waals surface area contributed by atoms with E-state index in [0.717, 1.165) is 5.56 Å². The van der Waals surface area contributed by atoms with E-state index in [1.807, 2.05) is 12.1 Å². The Hall–Kier alpha value is -2.36. The zero-order chi connectivity index (χ0) is 23.7. The van der Waals surface area contributed by atoms with E-state index in [2.05, 4.69) is 5.32 Å². The van der Waals surface area contributed by atoms with Gasteiger partial charge in [0.1, 0.15) is 11.8 Å². The first kappa shape index (κ1) is 24.3. The Morgan fingerprint density at radius 3 is 2.56 bits per heavy atom. The first-order valence-electron chi connectivity index (χ1n) is 10.7. The molecule has 1 aromatic rings. The number of hydrogen-bond donors (Lipinski definition) is 3. The van der Waals surface area contributed by atoms with Gasteiger partial charge in [-0.1, -0.05) is 23.7 Å². The van der Waals surface area contributed by atoms with Crippen LogP contribution in [0, 0.1) is 0 Å². The van der Waals surface area contributed by atoms with E-state index in [4.69, 9.17) is 22.1 Å². The summed E-state index contributed by atoms with van der Waals surface area (Å²) in [7, 11) is 0. The van der Waals surface area contributed by atoms with Crippen LogP contribution in [0.3, 0.4) is 0 Å². The van der Waals surface area contributed by atoms with Crippen molar-refractivity contribution in [3.05, 3.63) is 34.9 Å². The van der Waals surface area contributed by atoms with E-state index < -0.39 is 29.4 Å². The summed E-state index contributed by atoms with van der Waals surface area (Å²) < 4.78 is 5.74. The van der Waals surface area contributed by atoms with E-state index in [-0.39, 0.29) is 25.0 Å². The minimum absolute atomic E-state index is 0.0387. The molecule has 2 aliphatic heterocycles. The molecular weight excluding hydrogens is 436 g/mol. The number of benzene rings is 1. The molecular formula is C22H31ClN4O5. The second kappa shape index (κ2) is 9.25. The molecule has 0 saturated carbocycles. The molecule has 2 fully saturated rings. The lowest BCUT2D eigenvalue weighted by Gasteiger charge is -2.44. The summed E-state index contributed by atoms with van der Waals surface area (Å²) in [5, 5.41) is 13.3. The lowest BCUT2D eigenvalue weighted by atomic mass is 9.82. The number of rotatable bonds is 5. The molecule has 4 N–H and O–H groups in total. The number of hydrogen-bond acceptors (Lipinski definition) is 5. The first-order valence-corrected chi connectivity index (χ1v) is 11.1. The lowest BCUT2D eigenvalue weighted by molar-refractivity contribution is -0.151. The van der Waals surface area contributed by atoms with Crippen LogP contribution in [0.1, 0.15) is 39.2 Å². The maximum atomic E-state index is 13.5. The van der Waals surface area contributed by atoms with Gasteiger partial charge in [-0.3, -0.25) is 14.5 Å².